The molecule has 2 aliphatic heterocycles. The van der Waals surface area contributed by atoms with Crippen molar-refractivity contribution in [2.45, 2.75) is 77.9 Å². The van der Waals surface area contributed by atoms with E-state index in [9.17, 15) is 29.4 Å². The second-order valence-electron chi connectivity index (χ2n) is 11.7. The number of aliphatic hydroxyl groups excluding tert-OH is 1. The van der Waals surface area contributed by atoms with Gasteiger partial charge in [0.1, 0.15) is 12.4 Å². The molecule has 0 saturated heterocycles. The fourth-order valence-electron chi connectivity index (χ4n) is 6.74. The van der Waals surface area contributed by atoms with Crippen LogP contribution in [0, 0.1) is 12.7 Å². The SMILES string of the molecule is CC[C@@]1(O)C(=O)OCc2c1cc1n(c2=O)Cc2c-1nc1cc(F)c(C)c3c1c2[C@@H](NC(=O)CN(CC(C)O)C(C)=O)CC3. The number of rotatable bonds is 6. The smallest absolute Gasteiger partial charge is 0.343 e. The van der Waals surface area contributed by atoms with Gasteiger partial charge in [0.05, 0.1) is 47.7 Å². The van der Waals surface area contributed by atoms with Gasteiger partial charge in [-0.25, -0.2) is 14.2 Å². The number of nitrogens with one attached hydrogen (secondary N) is 1. The number of nitrogens with zero attached hydrogens (tertiary/aromatic N) is 3. The van der Waals surface area contributed by atoms with E-state index >= 15 is 4.39 Å². The number of amides is 2. The van der Waals surface area contributed by atoms with Crippen LogP contribution in [-0.2, 0) is 44.3 Å². The Morgan fingerprint density at radius 3 is 2.70 bits per heavy atom. The minimum atomic E-state index is -1.99. The lowest BCUT2D eigenvalue weighted by Crippen LogP contribution is -2.44. The minimum Gasteiger partial charge on any atom is -0.458 e. The van der Waals surface area contributed by atoms with Gasteiger partial charge in [0.2, 0.25) is 11.8 Å². The first-order valence-corrected chi connectivity index (χ1v) is 14.4. The molecule has 3 aliphatic rings. The van der Waals surface area contributed by atoms with E-state index < -0.39 is 41.0 Å². The Morgan fingerprint density at radius 1 is 1.28 bits per heavy atom. The molecular formula is C31H33FN4O7. The molecular weight excluding hydrogens is 559 g/mol. The molecule has 0 bridgehead atoms. The molecule has 0 saturated carbocycles. The van der Waals surface area contributed by atoms with Crippen molar-refractivity contribution in [1.82, 2.24) is 19.8 Å². The number of esters is 1. The lowest BCUT2D eigenvalue weighted by Gasteiger charge is -2.31. The molecule has 3 aromatic rings. The van der Waals surface area contributed by atoms with Gasteiger partial charge in [-0.3, -0.25) is 14.4 Å². The molecule has 6 rings (SSSR count). The summed E-state index contributed by atoms with van der Waals surface area (Å²) >= 11 is 0. The Labute approximate surface area is 246 Å². The summed E-state index contributed by atoms with van der Waals surface area (Å²) in [5.74, 6) is -2.01. The van der Waals surface area contributed by atoms with E-state index in [1.54, 1.807) is 19.9 Å². The highest BCUT2D eigenvalue weighted by Crippen LogP contribution is 2.45. The van der Waals surface area contributed by atoms with Gasteiger partial charge in [-0.2, -0.15) is 0 Å². The number of ether oxygens (including phenoxy) is 1. The van der Waals surface area contributed by atoms with Crippen molar-refractivity contribution < 1.29 is 33.7 Å². The number of benzene rings is 1. The Balaban J connectivity index is 1.51. The summed E-state index contributed by atoms with van der Waals surface area (Å²) in [6.45, 7) is 5.80. The van der Waals surface area contributed by atoms with Crippen molar-refractivity contribution in [2.24, 2.45) is 0 Å². The quantitative estimate of drug-likeness (QED) is 0.287. The number of cyclic esters (lactones) is 1. The molecule has 3 N–H and O–H groups in total. The summed E-state index contributed by atoms with van der Waals surface area (Å²) in [5, 5.41) is 24.8. The highest BCUT2D eigenvalue weighted by molar-refractivity contribution is 5.94. The number of hydrogen-bond acceptors (Lipinski definition) is 8. The van der Waals surface area contributed by atoms with Crippen LogP contribution in [0.15, 0.2) is 16.9 Å². The highest BCUT2D eigenvalue weighted by atomic mass is 19.1. The molecule has 2 aromatic heterocycles. The fourth-order valence-corrected chi connectivity index (χ4v) is 6.74. The molecule has 43 heavy (non-hydrogen) atoms. The molecule has 3 atom stereocenters. The Hall–Kier alpha value is -4.16. The molecule has 1 aromatic carbocycles. The maximum absolute atomic E-state index is 15.1. The van der Waals surface area contributed by atoms with Crippen LogP contribution in [0.1, 0.15) is 73.0 Å². The Bertz CT molecular complexity index is 1800. The average Bonchev–Trinajstić information content (AvgIpc) is 3.32. The zero-order chi connectivity index (χ0) is 31.0. The second kappa shape index (κ2) is 10.2. The van der Waals surface area contributed by atoms with Gasteiger partial charge in [-0.15, -0.1) is 0 Å². The third-order valence-electron chi connectivity index (χ3n) is 8.98. The number of aromatic nitrogens is 2. The molecule has 0 radical (unpaired) electrons. The molecule has 0 spiro atoms. The van der Waals surface area contributed by atoms with Crippen LogP contribution in [0.2, 0.25) is 0 Å². The first-order chi connectivity index (χ1) is 20.3. The monoisotopic (exact) mass is 592 g/mol. The zero-order valence-electron chi connectivity index (χ0n) is 24.4. The number of halogens is 1. The number of carbonyl (C=O) groups is 3. The van der Waals surface area contributed by atoms with Gasteiger partial charge in [0, 0.05) is 36.0 Å². The van der Waals surface area contributed by atoms with E-state index in [2.05, 4.69) is 5.32 Å². The summed E-state index contributed by atoms with van der Waals surface area (Å²) in [6.07, 6.45) is 0.115. The third kappa shape index (κ3) is 4.42. The molecule has 0 fully saturated rings. The van der Waals surface area contributed by atoms with Crippen molar-refractivity contribution in [1.29, 1.82) is 0 Å². The number of aliphatic hydroxyl groups is 2. The van der Waals surface area contributed by atoms with Crippen LogP contribution in [0.5, 0.6) is 0 Å². The largest absolute Gasteiger partial charge is 0.458 e. The van der Waals surface area contributed by atoms with Crippen LogP contribution in [-0.4, -0.2) is 61.6 Å². The molecule has 11 nitrogen and oxygen atoms in total. The van der Waals surface area contributed by atoms with Crippen molar-refractivity contribution >= 4 is 28.7 Å². The lowest BCUT2D eigenvalue weighted by atomic mass is 9.81. The van der Waals surface area contributed by atoms with E-state index in [0.717, 1.165) is 16.5 Å². The van der Waals surface area contributed by atoms with E-state index in [1.807, 2.05) is 0 Å². The van der Waals surface area contributed by atoms with Crippen LogP contribution in [0.3, 0.4) is 0 Å². The van der Waals surface area contributed by atoms with Crippen LogP contribution in [0.25, 0.3) is 22.3 Å². The highest BCUT2D eigenvalue weighted by Gasteiger charge is 2.46. The Morgan fingerprint density at radius 2 is 2.02 bits per heavy atom. The summed E-state index contributed by atoms with van der Waals surface area (Å²) in [4.78, 5) is 57.7. The topological polar surface area (TPSA) is 151 Å². The molecule has 1 aliphatic carbocycles. The zero-order valence-corrected chi connectivity index (χ0v) is 24.4. The standard InChI is InChI=1S/C31H33FN4O7/c1-5-31(42)20-8-24-28-18(11-36(24)29(40)19(20)13-43-30(31)41)27-22(33-25(39)12-35(16(4)38)10-14(2)37)7-6-17-15(3)21(32)9-23(34-28)26(17)27/h8-9,14,22,37,42H,5-7,10-13H2,1-4H3,(H,33,39)/t14?,22-,31-/m0/s1. The summed E-state index contributed by atoms with van der Waals surface area (Å²) in [6, 6.07) is 2.42. The normalized spacial score (nSPS) is 20.6. The maximum atomic E-state index is 15.1. The molecule has 4 heterocycles. The van der Waals surface area contributed by atoms with Gasteiger partial charge < -0.3 is 29.7 Å². The number of pyridine rings is 2. The predicted molar refractivity (Wildman–Crippen MR) is 152 cm³/mol. The van der Waals surface area contributed by atoms with E-state index in [4.69, 9.17) is 9.72 Å². The van der Waals surface area contributed by atoms with E-state index in [-0.39, 0.29) is 49.7 Å². The third-order valence-corrected chi connectivity index (χ3v) is 8.98. The first-order valence-electron chi connectivity index (χ1n) is 14.4. The second-order valence-corrected chi connectivity index (χ2v) is 11.7. The number of hydrogen-bond donors (Lipinski definition) is 3. The molecule has 1 unspecified atom stereocenters. The van der Waals surface area contributed by atoms with Gasteiger partial charge in [0.15, 0.2) is 5.60 Å². The van der Waals surface area contributed by atoms with Crippen molar-refractivity contribution in [3.8, 4) is 11.4 Å². The van der Waals surface area contributed by atoms with E-state index in [0.29, 0.717) is 40.9 Å². The van der Waals surface area contributed by atoms with Crippen LogP contribution >= 0.6 is 0 Å². The van der Waals surface area contributed by atoms with Crippen molar-refractivity contribution in [3.05, 3.63) is 61.7 Å². The van der Waals surface area contributed by atoms with Gasteiger partial charge in [-0.1, -0.05) is 6.92 Å². The number of carbonyl (C=O) groups excluding carboxylic acids is 3. The molecule has 226 valence electrons. The summed E-state index contributed by atoms with van der Waals surface area (Å²) in [5.41, 5.74) is 1.81. The maximum Gasteiger partial charge on any atom is 0.343 e. The lowest BCUT2D eigenvalue weighted by molar-refractivity contribution is -0.172. The van der Waals surface area contributed by atoms with Crippen molar-refractivity contribution in [2.75, 3.05) is 13.1 Å². The molecule has 12 heteroatoms. The van der Waals surface area contributed by atoms with E-state index in [1.165, 1.54) is 29.4 Å². The molecule has 2 amide bonds. The van der Waals surface area contributed by atoms with Crippen molar-refractivity contribution in [3.63, 3.8) is 0 Å². The predicted octanol–water partition coefficient (Wildman–Crippen LogP) is 1.86. The summed E-state index contributed by atoms with van der Waals surface area (Å²) in [7, 11) is 0. The minimum absolute atomic E-state index is 0.000718. The number of aryl methyl sites for hydroxylation is 1. The van der Waals surface area contributed by atoms with Gasteiger partial charge in [0.25, 0.3) is 5.56 Å². The summed E-state index contributed by atoms with van der Waals surface area (Å²) < 4.78 is 21.8. The van der Waals surface area contributed by atoms with Crippen LogP contribution in [0.4, 0.5) is 4.39 Å². The van der Waals surface area contributed by atoms with Gasteiger partial charge in [-0.05, 0) is 55.9 Å². The van der Waals surface area contributed by atoms with Gasteiger partial charge >= 0.3 is 5.97 Å². The van der Waals surface area contributed by atoms with Crippen LogP contribution < -0.4 is 10.9 Å². The number of fused-ring (bicyclic) bond motifs is 5. The average molecular weight is 593 g/mol. The Kier molecular flexibility index (Phi) is 6.89. The fraction of sp³-hybridized carbons (Fsp3) is 0.452. The first kappa shape index (κ1) is 28.9.